The standard InChI is InChI=1S/C21H25N3O2/c1-13(2)16-8-7-9-17(12-16)26-15(4)21(25)22-14(3)20-23-18-10-5-6-11-19(18)24-20/h5-15H,1-4H3,(H,22,25)(H,23,24). The highest BCUT2D eigenvalue weighted by Crippen LogP contribution is 2.21. The molecule has 2 unspecified atom stereocenters. The molecule has 0 spiro atoms. The van der Waals surface area contributed by atoms with Crippen LogP contribution in [0, 0.1) is 0 Å². The van der Waals surface area contributed by atoms with Gasteiger partial charge >= 0.3 is 0 Å². The zero-order chi connectivity index (χ0) is 18.7. The third-order valence-electron chi connectivity index (χ3n) is 4.38. The van der Waals surface area contributed by atoms with E-state index in [1.54, 1.807) is 6.92 Å². The Kier molecular flexibility index (Phi) is 5.26. The van der Waals surface area contributed by atoms with Crippen LogP contribution >= 0.6 is 0 Å². The maximum atomic E-state index is 12.5. The van der Waals surface area contributed by atoms with Gasteiger partial charge < -0.3 is 15.0 Å². The summed E-state index contributed by atoms with van der Waals surface area (Å²) in [5.74, 6) is 1.67. The molecule has 3 aromatic rings. The van der Waals surface area contributed by atoms with E-state index in [4.69, 9.17) is 4.74 Å². The number of carbonyl (C=O) groups excluding carboxylic acids is 1. The minimum absolute atomic E-state index is 0.173. The van der Waals surface area contributed by atoms with Crippen molar-refractivity contribution in [3.63, 3.8) is 0 Å². The topological polar surface area (TPSA) is 67.0 Å². The lowest BCUT2D eigenvalue weighted by molar-refractivity contribution is -0.128. The monoisotopic (exact) mass is 351 g/mol. The maximum absolute atomic E-state index is 12.5. The molecule has 2 N–H and O–H groups in total. The van der Waals surface area contributed by atoms with Crippen LogP contribution in [0.5, 0.6) is 5.75 Å². The van der Waals surface area contributed by atoms with Gasteiger partial charge in [-0.25, -0.2) is 4.98 Å². The number of H-pyrrole nitrogens is 1. The normalized spacial score (nSPS) is 13.6. The zero-order valence-electron chi connectivity index (χ0n) is 15.6. The van der Waals surface area contributed by atoms with E-state index in [9.17, 15) is 4.79 Å². The highest BCUT2D eigenvalue weighted by Gasteiger charge is 2.19. The Morgan fingerprint density at radius 3 is 2.58 bits per heavy atom. The molecule has 5 nitrogen and oxygen atoms in total. The molecule has 2 aromatic carbocycles. The SMILES string of the molecule is CC(Oc1cccc(C(C)C)c1)C(=O)NC(C)c1nc2ccccc2[nH]1. The van der Waals surface area contributed by atoms with Gasteiger partial charge in [0.2, 0.25) is 0 Å². The number of nitrogens with one attached hydrogen (secondary N) is 2. The maximum Gasteiger partial charge on any atom is 0.261 e. The lowest BCUT2D eigenvalue weighted by Crippen LogP contribution is -2.38. The van der Waals surface area contributed by atoms with Gasteiger partial charge in [0, 0.05) is 0 Å². The number of benzene rings is 2. The Labute approximate surface area is 153 Å². The van der Waals surface area contributed by atoms with Crippen LogP contribution in [-0.4, -0.2) is 22.0 Å². The molecule has 0 saturated heterocycles. The van der Waals surface area contributed by atoms with Crippen LogP contribution < -0.4 is 10.1 Å². The number of para-hydroxylation sites is 2. The molecule has 3 rings (SSSR count). The number of nitrogens with zero attached hydrogens (tertiary/aromatic N) is 1. The van der Waals surface area contributed by atoms with Crippen LogP contribution in [0.1, 0.15) is 51.0 Å². The second-order valence-corrected chi connectivity index (χ2v) is 6.86. The quantitative estimate of drug-likeness (QED) is 0.694. The summed E-state index contributed by atoms with van der Waals surface area (Å²) >= 11 is 0. The van der Waals surface area contributed by atoms with E-state index < -0.39 is 6.10 Å². The van der Waals surface area contributed by atoms with Crippen LogP contribution in [-0.2, 0) is 4.79 Å². The first-order chi connectivity index (χ1) is 12.4. The summed E-state index contributed by atoms with van der Waals surface area (Å²) in [5, 5.41) is 2.96. The molecule has 1 heterocycles. The van der Waals surface area contributed by atoms with E-state index >= 15 is 0 Å². The Morgan fingerprint density at radius 2 is 1.85 bits per heavy atom. The van der Waals surface area contributed by atoms with Crippen LogP contribution in [0.3, 0.4) is 0 Å². The van der Waals surface area contributed by atoms with E-state index in [0.29, 0.717) is 11.7 Å². The summed E-state index contributed by atoms with van der Waals surface area (Å²) in [6.07, 6.45) is -0.593. The molecule has 0 radical (unpaired) electrons. The Morgan fingerprint density at radius 1 is 1.08 bits per heavy atom. The molecule has 0 bridgehead atoms. The van der Waals surface area contributed by atoms with E-state index in [1.807, 2.05) is 49.4 Å². The number of ether oxygens (including phenoxy) is 1. The summed E-state index contributed by atoms with van der Waals surface area (Å²) in [5.41, 5.74) is 3.03. The van der Waals surface area contributed by atoms with Crippen LogP contribution in [0.4, 0.5) is 0 Å². The van der Waals surface area contributed by atoms with Crippen molar-refractivity contribution >= 4 is 16.9 Å². The molecule has 1 aromatic heterocycles. The fourth-order valence-electron chi connectivity index (χ4n) is 2.78. The molecule has 2 atom stereocenters. The molecule has 1 amide bonds. The van der Waals surface area contributed by atoms with Gasteiger partial charge in [0.15, 0.2) is 6.10 Å². The minimum atomic E-state index is -0.593. The summed E-state index contributed by atoms with van der Waals surface area (Å²) < 4.78 is 5.82. The average Bonchev–Trinajstić information content (AvgIpc) is 3.06. The molecular formula is C21H25N3O2. The smallest absolute Gasteiger partial charge is 0.261 e. The van der Waals surface area contributed by atoms with Crippen molar-refractivity contribution in [1.82, 2.24) is 15.3 Å². The highest BCUT2D eigenvalue weighted by molar-refractivity contribution is 5.81. The summed E-state index contributed by atoms with van der Waals surface area (Å²) in [4.78, 5) is 20.3. The number of amides is 1. The number of hydrogen-bond donors (Lipinski definition) is 2. The van der Waals surface area contributed by atoms with Crippen molar-refractivity contribution in [3.8, 4) is 5.75 Å². The van der Waals surface area contributed by atoms with Crippen LogP contribution in [0.2, 0.25) is 0 Å². The molecule has 0 saturated carbocycles. The molecule has 26 heavy (non-hydrogen) atoms. The molecule has 5 heteroatoms. The van der Waals surface area contributed by atoms with E-state index in [2.05, 4.69) is 35.2 Å². The summed E-state index contributed by atoms with van der Waals surface area (Å²) in [6, 6.07) is 15.4. The number of rotatable bonds is 6. The van der Waals surface area contributed by atoms with Gasteiger partial charge in [-0.3, -0.25) is 4.79 Å². The summed E-state index contributed by atoms with van der Waals surface area (Å²) in [7, 11) is 0. The Balaban J connectivity index is 1.64. The van der Waals surface area contributed by atoms with Crippen LogP contribution in [0.25, 0.3) is 11.0 Å². The molecule has 0 aliphatic carbocycles. The molecule has 0 aliphatic rings. The first-order valence-electron chi connectivity index (χ1n) is 8.95. The van der Waals surface area contributed by atoms with Crippen molar-refractivity contribution in [3.05, 3.63) is 59.9 Å². The van der Waals surface area contributed by atoms with Crippen LogP contribution in [0.15, 0.2) is 48.5 Å². The van der Waals surface area contributed by atoms with Gasteiger partial charge in [-0.1, -0.05) is 38.1 Å². The lowest BCUT2D eigenvalue weighted by Gasteiger charge is -2.18. The van der Waals surface area contributed by atoms with Gasteiger partial charge in [0.05, 0.1) is 17.1 Å². The third-order valence-corrected chi connectivity index (χ3v) is 4.38. The number of hydrogen-bond acceptors (Lipinski definition) is 3. The van der Waals surface area contributed by atoms with E-state index in [1.165, 1.54) is 5.56 Å². The van der Waals surface area contributed by atoms with Gasteiger partial charge in [0.25, 0.3) is 5.91 Å². The number of aromatic nitrogens is 2. The van der Waals surface area contributed by atoms with E-state index in [0.717, 1.165) is 16.9 Å². The highest BCUT2D eigenvalue weighted by atomic mass is 16.5. The first kappa shape index (κ1) is 18.0. The first-order valence-corrected chi connectivity index (χ1v) is 8.95. The Hall–Kier alpha value is -2.82. The fraction of sp³-hybridized carbons (Fsp3) is 0.333. The predicted molar refractivity (Wildman–Crippen MR) is 103 cm³/mol. The molecule has 0 fully saturated rings. The molecule has 136 valence electrons. The van der Waals surface area contributed by atoms with Crippen molar-refractivity contribution < 1.29 is 9.53 Å². The third kappa shape index (κ3) is 4.04. The lowest BCUT2D eigenvalue weighted by atomic mass is 10.0. The zero-order valence-corrected chi connectivity index (χ0v) is 15.6. The van der Waals surface area contributed by atoms with Crippen molar-refractivity contribution in [2.45, 2.75) is 45.8 Å². The number of fused-ring (bicyclic) bond motifs is 1. The van der Waals surface area contributed by atoms with Gasteiger partial charge in [0.1, 0.15) is 11.6 Å². The molecule has 0 aliphatic heterocycles. The van der Waals surface area contributed by atoms with Gasteiger partial charge in [-0.05, 0) is 49.6 Å². The Bertz CT molecular complexity index is 868. The number of imidazole rings is 1. The predicted octanol–water partition coefficient (Wildman–Crippen LogP) is 4.33. The van der Waals surface area contributed by atoms with E-state index in [-0.39, 0.29) is 11.9 Å². The second-order valence-electron chi connectivity index (χ2n) is 6.86. The summed E-state index contributed by atoms with van der Waals surface area (Å²) in [6.45, 7) is 7.92. The second kappa shape index (κ2) is 7.60. The number of aromatic amines is 1. The molecular weight excluding hydrogens is 326 g/mol. The average molecular weight is 351 g/mol. The van der Waals surface area contributed by atoms with Gasteiger partial charge in [-0.15, -0.1) is 0 Å². The largest absolute Gasteiger partial charge is 0.481 e. The van der Waals surface area contributed by atoms with Gasteiger partial charge in [-0.2, -0.15) is 0 Å². The minimum Gasteiger partial charge on any atom is -0.481 e. The van der Waals surface area contributed by atoms with Crippen molar-refractivity contribution in [2.24, 2.45) is 0 Å². The fourth-order valence-corrected chi connectivity index (χ4v) is 2.78. The van der Waals surface area contributed by atoms with Crippen molar-refractivity contribution in [2.75, 3.05) is 0 Å². The van der Waals surface area contributed by atoms with Crippen molar-refractivity contribution in [1.29, 1.82) is 0 Å². The number of carbonyl (C=O) groups is 1.